The molecule has 164 valence electrons. The van der Waals surface area contributed by atoms with Gasteiger partial charge in [0, 0.05) is 23.5 Å². The molecule has 0 aromatic rings. The van der Waals surface area contributed by atoms with Crippen molar-refractivity contribution in [2.24, 2.45) is 23.2 Å². The van der Waals surface area contributed by atoms with Gasteiger partial charge >= 0.3 is 12.1 Å². The van der Waals surface area contributed by atoms with Crippen LogP contribution >= 0.6 is 0 Å². The van der Waals surface area contributed by atoms with Crippen LogP contribution in [-0.2, 0) is 23.7 Å². The van der Waals surface area contributed by atoms with Crippen molar-refractivity contribution in [2.75, 3.05) is 13.2 Å². The second-order valence-electron chi connectivity index (χ2n) is 10.5. The summed E-state index contributed by atoms with van der Waals surface area (Å²) in [4.78, 5) is 24.7. The lowest BCUT2D eigenvalue weighted by Crippen LogP contribution is -2.67. The van der Waals surface area contributed by atoms with Gasteiger partial charge in [0.15, 0.2) is 5.60 Å². The Hall–Kier alpha value is -1.60. The Morgan fingerprint density at radius 1 is 1.27 bits per heavy atom. The lowest BCUT2D eigenvalue weighted by molar-refractivity contribution is -0.136. The van der Waals surface area contributed by atoms with Gasteiger partial charge in [0.1, 0.15) is 18.3 Å². The molecular formula is C23H31NO6. The third-order valence-electron chi connectivity index (χ3n) is 9.15. The molecule has 30 heavy (non-hydrogen) atoms. The average Bonchev–Trinajstić information content (AvgIpc) is 3.57. The quantitative estimate of drug-likeness (QED) is 0.561. The fraction of sp³-hybridized carbons (Fsp3) is 0.826. The minimum atomic E-state index is -0.567. The van der Waals surface area contributed by atoms with Crippen LogP contribution in [0, 0.1) is 23.2 Å². The van der Waals surface area contributed by atoms with Gasteiger partial charge in [0.25, 0.3) is 0 Å². The second-order valence-corrected chi connectivity index (χ2v) is 10.5. The van der Waals surface area contributed by atoms with Crippen LogP contribution < -0.4 is 5.32 Å². The largest absolute Gasteiger partial charge is 0.458 e. The Morgan fingerprint density at radius 2 is 2.07 bits per heavy atom. The zero-order valence-corrected chi connectivity index (χ0v) is 18.2. The van der Waals surface area contributed by atoms with E-state index < -0.39 is 11.2 Å². The van der Waals surface area contributed by atoms with E-state index in [4.69, 9.17) is 18.9 Å². The number of esters is 1. The molecule has 6 aliphatic rings. The van der Waals surface area contributed by atoms with Crippen LogP contribution in [0.25, 0.3) is 0 Å². The van der Waals surface area contributed by atoms with Crippen LogP contribution in [0.1, 0.15) is 53.4 Å². The molecule has 3 aliphatic carbocycles. The number of carbonyl (C=O) groups excluding carboxylic acids is 2. The van der Waals surface area contributed by atoms with E-state index in [2.05, 4.69) is 26.1 Å². The molecule has 2 spiro atoms. The molecular weight excluding hydrogens is 386 g/mol. The molecule has 7 nitrogen and oxygen atoms in total. The Balaban J connectivity index is 1.42. The molecule has 7 heteroatoms. The Bertz CT molecular complexity index is 868. The zero-order chi connectivity index (χ0) is 21.1. The van der Waals surface area contributed by atoms with Crippen molar-refractivity contribution in [2.45, 2.75) is 82.9 Å². The molecule has 1 amide bonds. The van der Waals surface area contributed by atoms with E-state index in [-0.39, 0.29) is 47.6 Å². The standard InChI is InChI=1S/C23H31NO6/c1-5-24-20(26)28-18-13(11(2)3)8-17-23(30-17)21(4)7-6-12-14(10-27-19(12)25)15(21)9-16-22(18,23)29-16/h11,13,15-18H,5-10H2,1-4H3,(H,24,26). The first-order valence-corrected chi connectivity index (χ1v) is 11.5. The fourth-order valence-electron chi connectivity index (χ4n) is 7.72. The number of rotatable bonds is 3. The summed E-state index contributed by atoms with van der Waals surface area (Å²) in [5.41, 5.74) is 0.879. The number of alkyl carbamates (subject to hydrolysis) is 1. The molecule has 2 saturated carbocycles. The van der Waals surface area contributed by atoms with E-state index in [0.717, 1.165) is 36.8 Å². The maximum atomic E-state index is 12.5. The van der Waals surface area contributed by atoms with Crippen molar-refractivity contribution in [3.05, 3.63) is 11.1 Å². The minimum Gasteiger partial charge on any atom is -0.458 e. The van der Waals surface area contributed by atoms with E-state index in [1.807, 2.05) is 6.92 Å². The van der Waals surface area contributed by atoms with E-state index in [0.29, 0.717) is 19.1 Å². The third-order valence-corrected chi connectivity index (χ3v) is 9.15. The zero-order valence-electron chi connectivity index (χ0n) is 18.2. The topological polar surface area (TPSA) is 89.7 Å². The summed E-state index contributed by atoms with van der Waals surface area (Å²) < 4.78 is 24.7. The molecule has 4 fully saturated rings. The van der Waals surface area contributed by atoms with E-state index in [9.17, 15) is 9.59 Å². The SMILES string of the molecule is CCNC(=O)OC1C(C(C)C)CC2OC23C2(C)CCC4=C(COC4=O)C2CC2OC213. The number of hydrogen-bond donors (Lipinski definition) is 1. The number of carbonyl (C=O) groups is 2. The summed E-state index contributed by atoms with van der Waals surface area (Å²) in [5.74, 6) is 0.636. The normalized spacial score (nSPS) is 49.9. The van der Waals surface area contributed by atoms with Crippen LogP contribution in [0.4, 0.5) is 4.79 Å². The highest BCUT2D eigenvalue weighted by molar-refractivity contribution is 5.92. The van der Waals surface area contributed by atoms with Crippen LogP contribution in [0.15, 0.2) is 11.1 Å². The van der Waals surface area contributed by atoms with Crippen LogP contribution in [0.2, 0.25) is 0 Å². The highest BCUT2D eigenvalue weighted by atomic mass is 16.7. The third kappa shape index (κ3) is 1.99. The smallest absolute Gasteiger partial charge is 0.407 e. The summed E-state index contributed by atoms with van der Waals surface area (Å²) >= 11 is 0. The molecule has 0 aromatic carbocycles. The number of cyclic esters (lactones) is 1. The maximum Gasteiger partial charge on any atom is 0.407 e. The molecule has 0 bridgehead atoms. The van der Waals surface area contributed by atoms with Gasteiger partial charge in [-0.15, -0.1) is 0 Å². The van der Waals surface area contributed by atoms with Crippen molar-refractivity contribution in [3.63, 3.8) is 0 Å². The van der Waals surface area contributed by atoms with Crippen molar-refractivity contribution in [1.82, 2.24) is 5.32 Å². The highest BCUT2D eigenvalue weighted by Gasteiger charge is 2.93. The van der Waals surface area contributed by atoms with Gasteiger partial charge in [0.2, 0.25) is 0 Å². The number of epoxide rings is 2. The highest BCUT2D eigenvalue weighted by Crippen LogP contribution is 2.79. The number of hydrogen-bond acceptors (Lipinski definition) is 6. The molecule has 3 heterocycles. The van der Waals surface area contributed by atoms with Gasteiger partial charge in [-0.3, -0.25) is 0 Å². The molecule has 0 radical (unpaired) electrons. The van der Waals surface area contributed by atoms with Crippen LogP contribution in [0.3, 0.4) is 0 Å². The van der Waals surface area contributed by atoms with Crippen LogP contribution in [-0.4, -0.2) is 54.7 Å². The first-order valence-electron chi connectivity index (χ1n) is 11.5. The van der Waals surface area contributed by atoms with Gasteiger partial charge in [-0.25, -0.2) is 9.59 Å². The van der Waals surface area contributed by atoms with E-state index >= 15 is 0 Å². The first-order chi connectivity index (χ1) is 14.3. The molecule has 8 unspecified atom stereocenters. The second kappa shape index (κ2) is 5.80. The average molecular weight is 418 g/mol. The van der Waals surface area contributed by atoms with Gasteiger partial charge in [-0.05, 0) is 50.0 Å². The van der Waals surface area contributed by atoms with Gasteiger partial charge < -0.3 is 24.3 Å². The predicted octanol–water partition coefficient (Wildman–Crippen LogP) is 2.73. The molecule has 2 saturated heterocycles. The summed E-state index contributed by atoms with van der Waals surface area (Å²) in [6.45, 7) is 9.52. The van der Waals surface area contributed by atoms with Gasteiger partial charge in [-0.1, -0.05) is 20.8 Å². The maximum absolute atomic E-state index is 12.5. The number of fused-ring (bicyclic) bond motifs is 2. The van der Waals surface area contributed by atoms with Crippen molar-refractivity contribution >= 4 is 12.1 Å². The lowest BCUT2D eigenvalue weighted by Gasteiger charge is -2.54. The Kier molecular flexibility index (Phi) is 3.69. The first kappa shape index (κ1) is 19.1. The lowest BCUT2D eigenvalue weighted by atomic mass is 9.46. The van der Waals surface area contributed by atoms with Gasteiger partial charge in [0.05, 0.1) is 12.2 Å². The Labute approximate surface area is 176 Å². The molecule has 3 aliphatic heterocycles. The van der Waals surface area contributed by atoms with E-state index in [1.54, 1.807) is 0 Å². The Morgan fingerprint density at radius 3 is 2.80 bits per heavy atom. The summed E-state index contributed by atoms with van der Waals surface area (Å²) in [6.07, 6.45) is 2.74. The monoisotopic (exact) mass is 417 g/mol. The molecule has 1 N–H and O–H groups in total. The fourth-order valence-corrected chi connectivity index (χ4v) is 7.72. The predicted molar refractivity (Wildman–Crippen MR) is 106 cm³/mol. The summed E-state index contributed by atoms with van der Waals surface area (Å²) in [5, 5.41) is 2.79. The van der Waals surface area contributed by atoms with Crippen molar-refractivity contribution < 1.29 is 28.5 Å². The minimum absolute atomic E-state index is 0.0101. The molecule has 8 atom stereocenters. The van der Waals surface area contributed by atoms with Crippen LogP contribution in [0.5, 0.6) is 0 Å². The number of nitrogens with one attached hydrogen (secondary N) is 1. The van der Waals surface area contributed by atoms with Crippen molar-refractivity contribution in [3.8, 4) is 0 Å². The molecule has 0 aromatic heterocycles. The van der Waals surface area contributed by atoms with Crippen molar-refractivity contribution in [1.29, 1.82) is 0 Å². The molecule has 6 rings (SSSR count). The summed E-state index contributed by atoms with van der Waals surface area (Å²) in [6, 6.07) is 0. The van der Waals surface area contributed by atoms with Gasteiger partial charge in [-0.2, -0.15) is 0 Å². The number of ether oxygens (including phenoxy) is 4. The number of amides is 1. The van der Waals surface area contributed by atoms with E-state index in [1.165, 1.54) is 0 Å². The summed E-state index contributed by atoms with van der Waals surface area (Å²) in [7, 11) is 0.